The van der Waals surface area contributed by atoms with Crippen molar-refractivity contribution in [2.24, 2.45) is 35.5 Å². The van der Waals surface area contributed by atoms with Crippen LogP contribution in [0.25, 0.3) is 0 Å². The van der Waals surface area contributed by atoms with Gasteiger partial charge < -0.3 is 5.32 Å². The summed E-state index contributed by atoms with van der Waals surface area (Å²) in [5.74, 6) is 6.53. The van der Waals surface area contributed by atoms with Crippen LogP contribution in [0, 0.1) is 35.5 Å². The second-order valence-corrected chi connectivity index (χ2v) is 7.76. The molecule has 3 aliphatic carbocycles. The Morgan fingerprint density at radius 3 is 2.32 bits per heavy atom. The largest absolute Gasteiger partial charge is 0.314 e. The highest BCUT2D eigenvalue weighted by Gasteiger charge is 2.66. The van der Waals surface area contributed by atoms with Gasteiger partial charge in [0.1, 0.15) is 0 Å². The van der Waals surface area contributed by atoms with E-state index in [0.717, 1.165) is 41.5 Å². The molecular formula is C18H33N. The molecule has 19 heavy (non-hydrogen) atoms. The van der Waals surface area contributed by atoms with E-state index in [1.165, 1.54) is 32.2 Å². The monoisotopic (exact) mass is 263 g/mol. The van der Waals surface area contributed by atoms with Crippen LogP contribution < -0.4 is 5.32 Å². The van der Waals surface area contributed by atoms with Gasteiger partial charge in [0.25, 0.3) is 0 Å². The summed E-state index contributed by atoms with van der Waals surface area (Å²) in [7, 11) is 0. The molecule has 0 aromatic rings. The first-order valence-electron chi connectivity index (χ1n) is 8.99. The van der Waals surface area contributed by atoms with Gasteiger partial charge in [0.2, 0.25) is 0 Å². The predicted octanol–water partition coefficient (Wildman–Crippen LogP) is 4.47. The van der Waals surface area contributed by atoms with E-state index in [1.807, 2.05) is 0 Å². The lowest BCUT2D eigenvalue weighted by molar-refractivity contribution is 0.306. The van der Waals surface area contributed by atoms with Crippen LogP contribution in [0.15, 0.2) is 0 Å². The van der Waals surface area contributed by atoms with Gasteiger partial charge in [-0.15, -0.1) is 0 Å². The summed E-state index contributed by atoms with van der Waals surface area (Å²) < 4.78 is 0. The Labute approximate surface area is 119 Å². The van der Waals surface area contributed by atoms with Crippen molar-refractivity contribution in [3.05, 3.63) is 0 Å². The van der Waals surface area contributed by atoms with Crippen LogP contribution in [-0.4, -0.2) is 12.6 Å². The van der Waals surface area contributed by atoms with E-state index < -0.39 is 0 Å². The molecule has 3 aliphatic rings. The molecule has 0 heterocycles. The molecule has 110 valence electrons. The average molecular weight is 263 g/mol. The number of nitrogens with one attached hydrogen (secondary N) is 1. The molecule has 3 fully saturated rings. The second-order valence-electron chi connectivity index (χ2n) is 7.76. The summed E-state index contributed by atoms with van der Waals surface area (Å²) in [5.41, 5.74) is 0. The minimum Gasteiger partial charge on any atom is -0.314 e. The molecule has 0 amide bonds. The van der Waals surface area contributed by atoms with Gasteiger partial charge in [-0.1, -0.05) is 33.6 Å². The van der Waals surface area contributed by atoms with Crippen LogP contribution in [0.2, 0.25) is 0 Å². The molecule has 6 unspecified atom stereocenters. The molecule has 6 atom stereocenters. The van der Waals surface area contributed by atoms with Crippen molar-refractivity contribution in [2.45, 2.75) is 71.8 Å². The highest BCUT2D eigenvalue weighted by molar-refractivity contribution is 5.15. The Morgan fingerprint density at radius 2 is 1.74 bits per heavy atom. The number of rotatable bonds is 8. The van der Waals surface area contributed by atoms with Gasteiger partial charge in [0.05, 0.1) is 0 Å². The second kappa shape index (κ2) is 5.76. The summed E-state index contributed by atoms with van der Waals surface area (Å²) in [6.07, 6.45) is 10.2. The van der Waals surface area contributed by atoms with Crippen LogP contribution in [0.3, 0.4) is 0 Å². The third-order valence-electron chi connectivity index (χ3n) is 6.35. The minimum absolute atomic E-state index is 0.847. The summed E-state index contributed by atoms with van der Waals surface area (Å²) in [4.78, 5) is 0. The van der Waals surface area contributed by atoms with Gasteiger partial charge in [-0.2, -0.15) is 0 Å². The van der Waals surface area contributed by atoms with Crippen molar-refractivity contribution in [1.29, 1.82) is 0 Å². The Balaban J connectivity index is 1.57. The van der Waals surface area contributed by atoms with Gasteiger partial charge in [0.15, 0.2) is 0 Å². The molecule has 1 heteroatoms. The Bertz CT molecular complexity index is 284. The first kappa shape index (κ1) is 13.9. The molecule has 2 bridgehead atoms. The van der Waals surface area contributed by atoms with E-state index in [1.54, 1.807) is 19.3 Å². The zero-order valence-electron chi connectivity index (χ0n) is 13.2. The van der Waals surface area contributed by atoms with Gasteiger partial charge in [-0.25, -0.2) is 0 Å². The molecule has 0 radical (unpaired) electrons. The smallest absolute Gasteiger partial charge is 0.0104 e. The quantitative estimate of drug-likeness (QED) is 0.681. The van der Waals surface area contributed by atoms with Crippen molar-refractivity contribution in [1.82, 2.24) is 5.32 Å². The lowest BCUT2D eigenvalue weighted by Gasteiger charge is -2.25. The fraction of sp³-hybridized carbons (Fsp3) is 1.00. The molecule has 1 N–H and O–H groups in total. The van der Waals surface area contributed by atoms with Crippen LogP contribution in [-0.2, 0) is 0 Å². The lowest BCUT2D eigenvalue weighted by atomic mass is 9.89. The van der Waals surface area contributed by atoms with Gasteiger partial charge in [-0.3, -0.25) is 0 Å². The van der Waals surface area contributed by atoms with E-state index in [0.29, 0.717) is 0 Å². The minimum atomic E-state index is 0.847. The summed E-state index contributed by atoms with van der Waals surface area (Å²) >= 11 is 0. The van der Waals surface area contributed by atoms with Crippen LogP contribution in [0.1, 0.15) is 65.7 Å². The number of hydrogen-bond donors (Lipinski definition) is 1. The average Bonchev–Trinajstić information content (AvgIpc) is 2.82. The van der Waals surface area contributed by atoms with E-state index in [-0.39, 0.29) is 0 Å². The Kier molecular flexibility index (Phi) is 4.22. The zero-order chi connectivity index (χ0) is 13.4. The number of hydrogen-bond acceptors (Lipinski definition) is 1. The van der Waals surface area contributed by atoms with Crippen molar-refractivity contribution in [2.75, 3.05) is 6.54 Å². The van der Waals surface area contributed by atoms with E-state index in [2.05, 4.69) is 26.1 Å². The van der Waals surface area contributed by atoms with Gasteiger partial charge >= 0.3 is 0 Å². The van der Waals surface area contributed by atoms with Crippen LogP contribution >= 0.6 is 0 Å². The molecule has 0 spiro atoms. The molecule has 0 aromatic heterocycles. The fourth-order valence-corrected chi connectivity index (χ4v) is 5.68. The lowest BCUT2D eigenvalue weighted by Crippen LogP contribution is -2.35. The zero-order valence-corrected chi connectivity index (χ0v) is 13.2. The third kappa shape index (κ3) is 2.60. The molecule has 3 saturated carbocycles. The molecule has 0 saturated heterocycles. The van der Waals surface area contributed by atoms with Crippen molar-refractivity contribution < 1.29 is 0 Å². The molecule has 0 aliphatic heterocycles. The van der Waals surface area contributed by atoms with Gasteiger partial charge in [0, 0.05) is 6.04 Å². The predicted molar refractivity (Wildman–Crippen MR) is 82.1 cm³/mol. The standard InChI is InChI=1S/C18H33N/c1-4-6-12(3)10-15(19-9-5-2)18-16-13-7-8-14(11-13)17(16)18/h12-19H,4-11H2,1-3H3. The van der Waals surface area contributed by atoms with Crippen molar-refractivity contribution in [3.8, 4) is 0 Å². The number of fused-ring (bicyclic) bond motifs is 5. The normalized spacial score (nSPS) is 42.2. The maximum atomic E-state index is 3.92. The van der Waals surface area contributed by atoms with E-state index >= 15 is 0 Å². The van der Waals surface area contributed by atoms with E-state index in [9.17, 15) is 0 Å². The summed E-state index contributed by atoms with van der Waals surface area (Å²) in [5, 5.41) is 3.92. The highest BCUT2D eigenvalue weighted by atomic mass is 14.9. The first-order valence-corrected chi connectivity index (χ1v) is 8.99. The Hall–Kier alpha value is -0.0400. The van der Waals surface area contributed by atoms with Crippen molar-refractivity contribution >= 4 is 0 Å². The van der Waals surface area contributed by atoms with Crippen LogP contribution in [0.4, 0.5) is 0 Å². The molecular weight excluding hydrogens is 230 g/mol. The molecule has 1 nitrogen and oxygen atoms in total. The summed E-state index contributed by atoms with van der Waals surface area (Å²) in [6.45, 7) is 8.33. The Morgan fingerprint density at radius 1 is 1.05 bits per heavy atom. The maximum absolute atomic E-state index is 3.92. The summed E-state index contributed by atoms with van der Waals surface area (Å²) in [6, 6.07) is 0.847. The maximum Gasteiger partial charge on any atom is 0.0104 e. The molecule has 0 aromatic carbocycles. The third-order valence-corrected chi connectivity index (χ3v) is 6.35. The first-order chi connectivity index (χ1) is 9.26. The van der Waals surface area contributed by atoms with E-state index in [4.69, 9.17) is 0 Å². The van der Waals surface area contributed by atoms with Gasteiger partial charge in [-0.05, 0) is 74.2 Å². The SMILES string of the molecule is CCCNC(CC(C)CCC)C1C2C3CCC(C3)C21. The van der Waals surface area contributed by atoms with Crippen LogP contribution in [0.5, 0.6) is 0 Å². The highest BCUT2D eigenvalue weighted by Crippen LogP contribution is 2.70. The topological polar surface area (TPSA) is 12.0 Å². The van der Waals surface area contributed by atoms with Crippen molar-refractivity contribution in [3.63, 3.8) is 0 Å². The fourth-order valence-electron chi connectivity index (χ4n) is 5.68. The molecule has 3 rings (SSSR count).